The topological polar surface area (TPSA) is 81.5 Å². The number of aryl methyl sites for hydroxylation is 1. The number of hydrogen-bond acceptors (Lipinski definition) is 4. The van der Waals surface area contributed by atoms with Crippen molar-refractivity contribution in [2.75, 3.05) is 5.32 Å². The van der Waals surface area contributed by atoms with Crippen molar-refractivity contribution in [1.29, 1.82) is 0 Å². The standard InChI is InChI=1S/C16H14ClFN2O4/c1-9-7-12(4-6-15(9)20(22)23)24-10(2)16(21)19-14-5-3-11(17)8-13(14)18/h3-8,10H,1-2H3,(H,19,21)/t10-/m0/s1. The van der Waals surface area contributed by atoms with E-state index in [4.69, 9.17) is 16.3 Å². The van der Waals surface area contributed by atoms with Gasteiger partial charge in [0.2, 0.25) is 0 Å². The van der Waals surface area contributed by atoms with Crippen LogP contribution in [0.5, 0.6) is 5.75 Å². The Balaban J connectivity index is 2.06. The van der Waals surface area contributed by atoms with E-state index in [0.717, 1.165) is 6.07 Å². The summed E-state index contributed by atoms with van der Waals surface area (Å²) in [6.45, 7) is 3.05. The molecule has 2 aromatic rings. The van der Waals surface area contributed by atoms with Crippen molar-refractivity contribution < 1.29 is 18.8 Å². The molecule has 0 spiro atoms. The van der Waals surface area contributed by atoms with Crippen LogP contribution in [-0.4, -0.2) is 16.9 Å². The van der Waals surface area contributed by atoms with Crippen LogP contribution in [0.15, 0.2) is 36.4 Å². The van der Waals surface area contributed by atoms with E-state index in [9.17, 15) is 19.3 Å². The van der Waals surface area contributed by atoms with Crippen LogP contribution in [0.1, 0.15) is 12.5 Å². The molecule has 24 heavy (non-hydrogen) atoms. The molecule has 2 rings (SSSR count). The molecule has 0 saturated heterocycles. The number of anilines is 1. The number of carbonyl (C=O) groups excluding carboxylic acids is 1. The van der Waals surface area contributed by atoms with Crippen LogP contribution >= 0.6 is 11.6 Å². The van der Waals surface area contributed by atoms with Crippen molar-refractivity contribution in [3.8, 4) is 5.75 Å². The largest absolute Gasteiger partial charge is 0.481 e. The van der Waals surface area contributed by atoms with Crippen molar-refractivity contribution in [2.45, 2.75) is 20.0 Å². The third kappa shape index (κ3) is 4.20. The molecular formula is C16H14ClFN2O4. The number of carbonyl (C=O) groups is 1. The number of benzene rings is 2. The summed E-state index contributed by atoms with van der Waals surface area (Å²) in [6.07, 6.45) is -0.930. The van der Waals surface area contributed by atoms with E-state index in [1.54, 1.807) is 6.92 Å². The van der Waals surface area contributed by atoms with E-state index >= 15 is 0 Å². The van der Waals surface area contributed by atoms with Crippen LogP contribution in [0.2, 0.25) is 5.02 Å². The lowest BCUT2D eigenvalue weighted by Gasteiger charge is -2.15. The minimum absolute atomic E-state index is 0.0141. The van der Waals surface area contributed by atoms with Gasteiger partial charge in [-0.05, 0) is 44.2 Å². The van der Waals surface area contributed by atoms with Gasteiger partial charge in [-0.15, -0.1) is 0 Å². The molecule has 0 aromatic heterocycles. The molecule has 0 fully saturated rings. The highest BCUT2D eigenvalue weighted by molar-refractivity contribution is 6.30. The van der Waals surface area contributed by atoms with Gasteiger partial charge in [-0.1, -0.05) is 11.6 Å². The third-order valence-corrected chi connectivity index (χ3v) is 3.47. The second-order valence-corrected chi connectivity index (χ2v) is 5.52. The number of rotatable bonds is 5. The Labute approximate surface area is 142 Å². The van der Waals surface area contributed by atoms with Gasteiger partial charge in [0, 0.05) is 16.7 Å². The number of nitrogens with one attached hydrogen (secondary N) is 1. The lowest BCUT2D eigenvalue weighted by molar-refractivity contribution is -0.385. The van der Waals surface area contributed by atoms with E-state index in [1.807, 2.05) is 0 Å². The monoisotopic (exact) mass is 352 g/mol. The molecule has 6 nitrogen and oxygen atoms in total. The number of nitro benzene ring substituents is 1. The second kappa shape index (κ2) is 7.27. The zero-order chi connectivity index (χ0) is 17.9. The number of halogens is 2. The summed E-state index contributed by atoms with van der Waals surface area (Å²) in [7, 11) is 0. The smallest absolute Gasteiger partial charge is 0.272 e. The van der Waals surface area contributed by atoms with Crippen LogP contribution in [0, 0.1) is 22.9 Å². The normalized spacial score (nSPS) is 11.7. The molecule has 0 bridgehead atoms. The molecule has 0 radical (unpaired) electrons. The molecule has 8 heteroatoms. The van der Waals surface area contributed by atoms with Gasteiger partial charge in [0.1, 0.15) is 11.6 Å². The van der Waals surface area contributed by atoms with Gasteiger partial charge in [-0.2, -0.15) is 0 Å². The van der Waals surface area contributed by atoms with Gasteiger partial charge < -0.3 is 10.1 Å². The van der Waals surface area contributed by atoms with Gasteiger partial charge in [0.15, 0.2) is 6.10 Å². The minimum Gasteiger partial charge on any atom is -0.481 e. The lowest BCUT2D eigenvalue weighted by Crippen LogP contribution is -2.30. The first-order valence-corrected chi connectivity index (χ1v) is 7.33. The van der Waals surface area contributed by atoms with E-state index in [2.05, 4.69) is 5.32 Å². The van der Waals surface area contributed by atoms with Crippen molar-refractivity contribution >= 4 is 28.9 Å². The molecule has 0 aliphatic carbocycles. The fourth-order valence-electron chi connectivity index (χ4n) is 1.99. The Hall–Kier alpha value is -2.67. The summed E-state index contributed by atoms with van der Waals surface area (Å²) in [5.41, 5.74) is 0.358. The highest BCUT2D eigenvalue weighted by Crippen LogP contribution is 2.24. The van der Waals surface area contributed by atoms with Gasteiger partial charge in [-0.3, -0.25) is 14.9 Å². The zero-order valence-electron chi connectivity index (χ0n) is 12.9. The number of ether oxygens (including phenoxy) is 1. The SMILES string of the molecule is Cc1cc(O[C@@H](C)C(=O)Nc2ccc(Cl)cc2F)ccc1[N+](=O)[O-]. The molecule has 1 atom stereocenters. The first kappa shape index (κ1) is 17.7. The van der Waals surface area contributed by atoms with E-state index in [1.165, 1.54) is 37.3 Å². The average Bonchev–Trinajstić information content (AvgIpc) is 2.49. The number of amides is 1. The Morgan fingerprint density at radius 2 is 2.04 bits per heavy atom. The van der Waals surface area contributed by atoms with Crippen LogP contribution < -0.4 is 10.1 Å². The molecular weight excluding hydrogens is 339 g/mol. The number of hydrogen-bond donors (Lipinski definition) is 1. The maximum Gasteiger partial charge on any atom is 0.272 e. The van der Waals surface area contributed by atoms with Gasteiger partial charge in [0.25, 0.3) is 11.6 Å². The van der Waals surface area contributed by atoms with E-state index in [-0.39, 0.29) is 16.4 Å². The number of nitrogens with zero attached hydrogens (tertiary/aromatic N) is 1. The maximum atomic E-state index is 13.7. The molecule has 0 unspecified atom stereocenters. The summed E-state index contributed by atoms with van der Waals surface area (Å²) in [4.78, 5) is 22.3. The Bertz CT molecular complexity index is 798. The summed E-state index contributed by atoms with van der Waals surface area (Å²) in [5, 5.41) is 13.4. The first-order valence-electron chi connectivity index (χ1n) is 6.95. The van der Waals surface area contributed by atoms with Crippen LogP contribution in [0.25, 0.3) is 0 Å². The molecule has 1 N–H and O–H groups in total. The second-order valence-electron chi connectivity index (χ2n) is 5.08. The zero-order valence-corrected chi connectivity index (χ0v) is 13.6. The summed E-state index contributed by atoms with van der Waals surface area (Å²) < 4.78 is 19.1. The van der Waals surface area contributed by atoms with Gasteiger partial charge in [0.05, 0.1) is 10.6 Å². The van der Waals surface area contributed by atoms with Crippen molar-refractivity contribution in [3.63, 3.8) is 0 Å². The van der Waals surface area contributed by atoms with Crippen LogP contribution in [-0.2, 0) is 4.79 Å². The molecule has 2 aromatic carbocycles. The molecule has 126 valence electrons. The number of nitro groups is 1. The average molecular weight is 353 g/mol. The Morgan fingerprint density at radius 1 is 1.33 bits per heavy atom. The summed E-state index contributed by atoms with van der Waals surface area (Å²) >= 11 is 5.65. The molecule has 0 aliphatic heterocycles. The van der Waals surface area contributed by atoms with E-state index < -0.39 is 22.8 Å². The summed E-state index contributed by atoms with van der Waals surface area (Å²) in [5.74, 6) is -0.918. The Morgan fingerprint density at radius 3 is 2.62 bits per heavy atom. The lowest BCUT2D eigenvalue weighted by atomic mass is 10.2. The molecule has 0 aliphatic rings. The third-order valence-electron chi connectivity index (χ3n) is 3.24. The fourth-order valence-corrected chi connectivity index (χ4v) is 2.15. The molecule has 0 heterocycles. The minimum atomic E-state index is -0.930. The van der Waals surface area contributed by atoms with Crippen molar-refractivity contribution in [3.05, 3.63) is 62.9 Å². The molecule has 1 amide bonds. The van der Waals surface area contributed by atoms with Crippen LogP contribution in [0.4, 0.5) is 15.8 Å². The molecule has 0 saturated carbocycles. The maximum absolute atomic E-state index is 13.7. The van der Waals surface area contributed by atoms with Crippen LogP contribution in [0.3, 0.4) is 0 Å². The van der Waals surface area contributed by atoms with Crippen molar-refractivity contribution in [1.82, 2.24) is 0 Å². The van der Waals surface area contributed by atoms with Gasteiger partial charge >= 0.3 is 0 Å². The fraction of sp³-hybridized carbons (Fsp3) is 0.188. The highest BCUT2D eigenvalue weighted by atomic mass is 35.5. The predicted molar refractivity (Wildman–Crippen MR) is 88.0 cm³/mol. The Kier molecular flexibility index (Phi) is 5.35. The first-order chi connectivity index (χ1) is 11.3. The highest BCUT2D eigenvalue weighted by Gasteiger charge is 2.18. The van der Waals surface area contributed by atoms with E-state index in [0.29, 0.717) is 11.3 Å². The predicted octanol–water partition coefficient (Wildman–Crippen LogP) is 4.10. The quantitative estimate of drug-likeness (QED) is 0.648. The van der Waals surface area contributed by atoms with Gasteiger partial charge in [-0.25, -0.2) is 4.39 Å². The van der Waals surface area contributed by atoms with Crippen molar-refractivity contribution in [2.24, 2.45) is 0 Å². The summed E-state index contributed by atoms with van der Waals surface area (Å²) in [6, 6.07) is 8.04.